The molecule has 1 aliphatic heterocycles. The molecule has 0 saturated carbocycles. The van der Waals surface area contributed by atoms with E-state index in [9.17, 15) is 15.0 Å². The molecule has 2 heterocycles. The molecule has 0 bridgehead atoms. The van der Waals surface area contributed by atoms with Gasteiger partial charge in [-0.1, -0.05) is 11.6 Å². The van der Waals surface area contributed by atoms with Crippen molar-refractivity contribution in [2.75, 3.05) is 39.3 Å². The van der Waals surface area contributed by atoms with Gasteiger partial charge in [0, 0.05) is 51.4 Å². The highest BCUT2D eigenvalue weighted by atomic mass is 79.9. The van der Waals surface area contributed by atoms with E-state index in [0.717, 1.165) is 44.8 Å². The van der Waals surface area contributed by atoms with Gasteiger partial charge in [-0.25, -0.2) is 0 Å². The summed E-state index contributed by atoms with van der Waals surface area (Å²) in [6.45, 7) is 6.56. The van der Waals surface area contributed by atoms with Crippen LogP contribution in [0.1, 0.15) is 5.56 Å². The summed E-state index contributed by atoms with van der Waals surface area (Å²) in [5.41, 5.74) is 1.12. The first kappa shape index (κ1) is 22.1. The second-order valence-corrected chi connectivity index (χ2v) is 8.76. The van der Waals surface area contributed by atoms with Crippen molar-refractivity contribution in [3.8, 4) is 22.8 Å². The average molecular weight is 509 g/mol. The van der Waals surface area contributed by atoms with Gasteiger partial charge in [-0.05, 0) is 51.8 Å². The summed E-state index contributed by atoms with van der Waals surface area (Å²) in [4.78, 5) is 15.3. The number of hydrogen-bond donors (Lipinski definition) is 4. The van der Waals surface area contributed by atoms with E-state index in [1.807, 2.05) is 6.07 Å². The molecule has 0 radical (unpaired) electrons. The van der Waals surface area contributed by atoms with Gasteiger partial charge >= 0.3 is 0 Å². The zero-order valence-corrected chi connectivity index (χ0v) is 19.1. The summed E-state index contributed by atoms with van der Waals surface area (Å²) in [7, 11) is 0. The number of rotatable bonds is 6. The fraction of sp³-hybridized carbons (Fsp3) is 0.318. The summed E-state index contributed by atoms with van der Waals surface area (Å²) < 4.78 is 6.49. The Morgan fingerprint density at radius 3 is 2.71 bits per heavy atom. The summed E-state index contributed by atoms with van der Waals surface area (Å²) in [5.74, 6) is -0.588. The number of nitrogens with one attached hydrogen (secondary N) is 2. The second-order valence-electron chi connectivity index (χ2n) is 7.50. The van der Waals surface area contributed by atoms with Crippen molar-refractivity contribution < 1.29 is 14.6 Å². The van der Waals surface area contributed by atoms with Crippen molar-refractivity contribution in [1.82, 2.24) is 15.5 Å². The lowest BCUT2D eigenvalue weighted by molar-refractivity contribution is 0.241. The van der Waals surface area contributed by atoms with Gasteiger partial charge in [0.15, 0.2) is 11.3 Å². The molecule has 164 valence electrons. The van der Waals surface area contributed by atoms with Crippen molar-refractivity contribution in [2.45, 2.75) is 6.54 Å². The molecule has 1 aliphatic rings. The van der Waals surface area contributed by atoms with Gasteiger partial charge in [0.1, 0.15) is 5.75 Å². The highest BCUT2D eigenvalue weighted by molar-refractivity contribution is 9.10. The molecule has 0 unspecified atom stereocenters. The predicted octanol–water partition coefficient (Wildman–Crippen LogP) is 3.28. The highest BCUT2D eigenvalue weighted by Gasteiger charge is 2.18. The molecule has 1 fully saturated rings. The molecular formula is C22H23BrClN3O4. The zero-order valence-electron chi connectivity index (χ0n) is 16.8. The Morgan fingerprint density at radius 1 is 1.19 bits per heavy atom. The summed E-state index contributed by atoms with van der Waals surface area (Å²) >= 11 is 9.45. The molecule has 7 nitrogen and oxygen atoms in total. The van der Waals surface area contributed by atoms with Crippen LogP contribution < -0.4 is 16.1 Å². The second kappa shape index (κ2) is 9.58. The Bertz CT molecular complexity index is 1160. The summed E-state index contributed by atoms with van der Waals surface area (Å²) in [6, 6.07) is 7.97. The number of phenols is 1. The molecule has 0 atom stereocenters. The maximum Gasteiger partial charge on any atom is 0.235 e. The first-order valence-corrected chi connectivity index (χ1v) is 11.2. The minimum absolute atomic E-state index is 0.00185. The van der Waals surface area contributed by atoms with E-state index in [2.05, 4.69) is 31.5 Å². The third-order valence-electron chi connectivity index (χ3n) is 5.34. The van der Waals surface area contributed by atoms with E-state index in [4.69, 9.17) is 16.0 Å². The molecule has 9 heteroatoms. The third kappa shape index (κ3) is 4.88. The SMILES string of the molecule is O=c1c(O)c(-c2ccc(O)c(Cl)c2)oc2c(Br)cc(CNCCN3CCNCC3)cc12. The molecule has 2 aromatic carbocycles. The molecule has 3 aromatic rings. The smallest absolute Gasteiger partial charge is 0.235 e. The van der Waals surface area contributed by atoms with Crippen LogP contribution in [0.2, 0.25) is 5.02 Å². The Labute approximate surface area is 192 Å². The van der Waals surface area contributed by atoms with E-state index in [1.54, 1.807) is 6.07 Å². The molecule has 31 heavy (non-hydrogen) atoms. The van der Waals surface area contributed by atoms with Crippen LogP contribution in [0.3, 0.4) is 0 Å². The highest BCUT2D eigenvalue weighted by Crippen LogP contribution is 2.36. The number of halogens is 2. The van der Waals surface area contributed by atoms with Crippen LogP contribution in [-0.2, 0) is 6.54 Å². The summed E-state index contributed by atoms with van der Waals surface area (Å²) in [6.07, 6.45) is 0. The van der Waals surface area contributed by atoms with Gasteiger partial charge in [-0.2, -0.15) is 0 Å². The maximum atomic E-state index is 12.9. The van der Waals surface area contributed by atoms with Crippen LogP contribution in [0.4, 0.5) is 0 Å². The number of benzene rings is 2. The van der Waals surface area contributed by atoms with Crippen LogP contribution in [-0.4, -0.2) is 54.4 Å². The quantitative estimate of drug-likeness (QED) is 0.379. The van der Waals surface area contributed by atoms with E-state index in [-0.39, 0.29) is 16.5 Å². The standard InChI is InChI=1S/C22H23BrClN3O4/c23-16-10-13(12-26-5-8-27-6-3-25-4-7-27)9-15-19(29)20(30)21(31-22(15)16)14-1-2-18(28)17(24)11-14/h1-2,9-11,25-26,28,30H,3-8,12H2. The van der Waals surface area contributed by atoms with Gasteiger partial charge in [0.2, 0.25) is 11.2 Å². The van der Waals surface area contributed by atoms with Crippen molar-refractivity contribution in [3.63, 3.8) is 0 Å². The number of nitrogens with zero attached hydrogens (tertiary/aromatic N) is 1. The Hall–Kier alpha value is -2.10. The number of fused-ring (bicyclic) bond motifs is 1. The predicted molar refractivity (Wildman–Crippen MR) is 125 cm³/mol. The van der Waals surface area contributed by atoms with E-state index < -0.39 is 11.2 Å². The van der Waals surface area contributed by atoms with Crippen LogP contribution in [0.25, 0.3) is 22.3 Å². The largest absolute Gasteiger partial charge is 0.506 e. The first-order valence-electron chi connectivity index (χ1n) is 10.0. The van der Waals surface area contributed by atoms with Gasteiger partial charge < -0.3 is 25.3 Å². The van der Waals surface area contributed by atoms with Gasteiger partial charge in [-0.3, -0.25) is 9.69 Å². The van der Waals surface area contributed by atoms with Crippen LogP contribution in [0.15, 0.2) is 44.0 Å². The van der Waals surface area contributed by atoms with E-state index in [0.29, 0.717) is 27.6 Å². The monoisotopic (exact) mass is 507 g/mol. The molecule has 0 spiro atoms. The topological polar surface area (TPSA) is 98.0 Å². The van der Waals surface area contributed by atoms with Crippen molar-refractivity contribution in [1.29, 1.82) is 0 Å². The number of piperazine rings is 1. The van der Waals surface area contributed by atoms with Crippen LogP contribution in [0.5, 0.6) is 11.5 Å². The molecule has 1 aromatic heterocycles. The van der Waals surface area contributed by atoms with Crippen molar-refractivity contribution in [3.05, 3.63) is 55.6 Å². The third-order valence-corrected chi connectivity index (χ3v) is 6.23. The lowest BCUT2D eigenvalue weighted by Crippen LogP contribution is -2.45. The molecular weight excluding hydrogens is 486 g/mol. The Morgan fingerprint density at radius 2 is 1.97 bits per heavy atom. The van der Waals surface area contributed by atoms with Gasteiger partial charge in [0.25, 0.3) is 0 Å². The summed E-state index contributed by atoms with van der Waals surface area (Å²) in [5, 5.41) is 27.3. The van der Waals surface area contributed by atoms with Crippen molar-refractivity contribution >= 4 is 38.5 Å². The number of hydrogen-bond acceptors (Lipinski definition) is 7. The van der Waals surface area contributed by atoms with Crippen molar-refractivity contribution in [2.24, 2.45) is 0 Å². The fourth-order valence-corrected chi connectivity index (χ4v) is 4.42. The normalized spacial score (nSPS) is 14.9. The lowest BCUT2D eigenvalue weighted by Gasteiger charge is -2.27. The van der Waals surface area contributed by atoms with E-state index in [1.165, 1.54) is 18.2 Å². The molecule has 4 rings (SSSR count). The average Bonchev–Trinajstić information content (AvgIpc) is 2.77. The lowest BCUT2D eigenvalue weighted by atomic mass is 10.1. The van der Waals surface area contributed by atoms with Gasteiger partial charge in [-0.15, -0.1) is 0 Å². The Kier molecular flexibility index (Phi) is 6.83. The minimum atomic E-state index is -0.524. The first-order chi connectivity index (χ1) is 14.9. The molecule has 1 saturated heterocycles. The zero-order chi connectivity index (χ0) is 22.0. The minimum Gasteiger partial charge on any atom is -0.506 e. The van der Waals surface area contributed by atoms with Crippen LogP contribution in [0, 0.1) is 0 Å². The number of phenolic OH excluding ortho intramolecular Hbond substituents is 1. The molecule has 0 aliphatic carbocycles. The molecule has 0 amide bonds. The number of aromatic hydroxyl groups is 2. The fourth-order valence-electron chi connectivity index (χ4n) is 3.65. The van der Waals surface area contributed by atoms with Gasteiger partial charge in [0.05, 0.1) is 14.9 Å². The Balaban J connectivity index is 1.56. The maximum absolute atomic E-state index is 12.9. The van der Waals surface area contributed by atoms with E-state index >= 15 is 0 Å². The molecule has 4 N–H and O–H groups in total. The van der Waals surface area contributed by atoms with Crippen LogP contribution >= 0.6 is 27.5 Å².